The monoisotopic (exact) mass is 416 g/mol. The number of aromatic amines is 1. The van der Waals surface area contributed by atoms with Crippen molar-refractivity contribution < 1.29 is 13.2 Å². The molecule has 0 fully saturated rings. The summed E-state index contributed by atoms with van der Waals surface area (Å²) in [5.41, 5.74) is 7.80. The molecular formula is C19H15F3N6S. The Balaban J connectivity index is 1.50. The number of rotatable bonds is 5. The molecule has 0 atom stereocenters. The Bertz CT molecular complexity index is 1140. The Hall–Kier alpha value is -3.27. The fourth-order valence-corrected chi connectivity index (χ4v) is 3.55. The molecule has 1 aromatic carbocycles. The smallest absolute Gasteiger partial charge is 0.384 e. The lowest BCUT2D eigenvalue weighted by Crippen LogP contribution is -2.09. The van der Waals surface area contributed by atoms with E-state index in [1.54, 1.807) is 12.4 Å². The van der Waals surface area contributed by atoms with Crippen LogP contribution in [-0.4, -0.2) is 19.9 Å². The lowest BCUT2D eigenvalue weighted by atomic mass is 10.2. The van der Waals surface area contributed by atoms with Crippen molar-refractivity contribution in [2.24, 2.45) is 0 Å². The summed E-state index contributed by atoms with van der Waals surface area (Å²) in [4.78, 5) is 15.5. The summed E-state index contributed by atoms with van der Waals surface area (Å²) in [6.07, 6.45) is -1.13. The molecule has 3 heterocycles. The SMILES string of the molecule is Nc1cc(SCc2nc3cc(Nc4cccnc4)ccc3[nH]2)cc(C(F)(F)F)n1. The number of H-pyrrole nitrogens is 1. The van der Waals surface area contributed by atoms with Crippen LogP contribution in [0.4, 0.5) is 30.4 Å². The van der Waals surface area contributed by atoms with Crippen LogP contribution in [0.5, 0.6) is 0 Å². The van der Waals surface area contributed by atoms with Gasteiger partial charge in [-0.3, -0.25) is 4.98 Å². The Morgan fingerprint density at radius 2 is 1.93 bits per heavy atom. The zero-order valence-electron chi connectivity index (χ0n) is 14.9. The standard InChI is InChI=1S/C19H15F3N6S/c20-19(21,22)16-7-13(8-17(23)28-16)29-10-18-26-14-4-3-11(6-15(14)27-18)25-12-2-1-5-24-9-12/h1-9,25H,10H2,(H2,23,28)(H,26,27). The van der Waals surface area contributed by atoms with Gasteiger partial charge in [0.2, 0.25) is 0 Å². The highest BCUT2D eigenvalue weighted by Crippen LogP contribution is 2.32. The number of halogens is 3. The molecule has 0 saturated carbocycles. The predicted molar refractivity (Wildman–Crippen MR) is 107 cm³/mol. The van der Waals surface area contributed by atoms with Gasteiger partial charge in [0.15, 0.2) is 0 Å². The third kappa shape index (κ3) is 4.60. The number of nitrogens with two attached hydrogens (primary N) is 1. The maximum atomic E-state index is 12.9. The van der Waals surface area contributed by atoms with Crippen molar-refractivity contribution in [2.45, 2.75) is 16.8 Å². The van der Waals surface area contributed by atoms with E-state index in [0.29, 0.717) is 16.5 Å². The number of alkyl halides is 3. The maximum absolute atomic E-state index is 12.9. The molecule has 0 aliphatic rings. The van der Waals surface area contributed by atoms with Crippen LogP contribution in [0.25, 0.3) is 11.0 Å². The fraction of sp³-hybridized carbons (Fsp3) is 0.105. The summed E-state index contributed by atoms with van der Waals surface area (Å²) in [5.74, 6) is 0.839. The zero-order chi connectivity index (χ0) is 20.4. The van der Waals surface area contributed by atoms with Gasteiger partial charge in [-0.25, -0.2) is 9.97 Å². The van der Waals surface area contributed by atoms with Crippen molar-refractivity contribution >= 4 is 40.0 Å². The van der Waals surface area contributed by atoms with Crippen molar-refractivity contribution in [1.29, 1.82) is 0 Å². The molecule has 0 aliphatic heterocycles. The second-order valence-corrected chi connectivity index (χ2v) is 7.23. The van der Waals surface area contributed by atoms with E-state index in [0.717, 1.165) is 28.5 Å². The molecule has 3 aromatic heterocycles. The quantitative estimate of drug-likeness (QED) is 0.397. The number of hydrogen-bond donors (Lipinski definition) is 3. The van der Waals surface area contributed by atoms with Gasteiger partial charge in [-0.15, -0.1) is 11.8 Å². The van der Waals surface area contributed by atoms with E-state index in [1.165, 1.54) is 17.8 Å². The predicted octanol–water partition coefficient (Wildman–Crippen LogP) is 4.99. The first kappa shape index (κ1) is 19.1. The first-order valence-corrected chi connectivity index (χ1v) is 9.49. The van der Waals surface area contributed by atoms with Crippen molar-refractivity contribution in [3.8, 4) is 0 Å². The van der Waals surface area contributed by atoms with Gasteiger partial charge in [0.05, 0.1) is 28.7 Å². The topological polar surface area (TPSA) is 92.5 Å². The third-order valence-corrected chi connectivity index (χ3v) is 4.95. The Labute approximate surface area is 167 Å². The van der Waals surface area contributed by atoms with Crippen LogP contribution < -0.4 is 11.1 Å². The van der Waals surface area contributed by atoms with Gasteiger partial charge in [0, 0.05) is 16.8 Å². The van der Waals surface area contributed by atoms with Crippen LogP contribution >= 0.6 is 11.8 Å². The number of anilines is 3. The number of thioether (sulfide) groups is 1. The third-order valence-electron chi connectivity index (χ3n) is 3.97. The molecule has 10 heteroatoms. The molecule has 4 N–H and O–H groups in total. The molecule has 148 valence electrons. The van der Waals surface area contributed by atoms with E-state index in [1.807, 2.05) is 30.3 Å². The maximum Gasteiger partial charge on any atom is 0.433 e. The number of nitrogens with zero attached hydrogens (tertiary/aromatic N) is 3. The lowest BCUT2D eigenvalue weighted by Gasteiger charge is -2.08. The number of hydrogen-bond acceptors (Lipinski definition) is 6. The minimum atomic E-state index is -4.54. The molecule has 0 saturated heterocycles. The second-order valence-electron chi connectivity index (χ2n) is 6.18. The molecule has 6 nitrogen and oxygen atoms in total. The van der Waals surface area contributed by atoms with Gasteiger partial charge in [-0.05, 0) is 42.5 Å². The average Bonchev–Trinajstić information content (AvgIpc) is 3.08. The van der Waals surface area contributed by atoms with Gasteiger partial charge < -0.3 is 16.0 Å². The van der Waals surface area contributed by atoms with Gasteiger partial charge >= 0.3 is 6.18 Å². The number of benzene rings is 1. The molecule has 0 spiro atoms. The van der Waals surface area contributed by atoms with Crippen LogP contribution in [0, 0.1) is 0 Å². The Morgan fingerprint density at radius 3 is 2.69 bits per heavy atom. The van der Waals surface area contributed by atoms with Crippen molar-refractivity contribution in [1.82, 2.24) is 19.9 Å². The van der Waals surface area contributed by atoms with E-state index in [9.17, 15) is 13.2 Å². The Morgan fingerprint density at radius 1 is 1.07 bits per heavy atom. The van der Waals surface area contributed by atoms with Crippen LogP contribution in [-0.2, 0) is 11.9 Å². The number of fused-ring (bicyclic) bond motifs is 1. The largest absolute Gasteiger partial charge is 0.433 e. The van der Waals surface area contributed by atoms with Gasteiger partial charge in [0.1, 0.15) is 17.3 Å². The Kier molecular flexibility index (Phi) is 5.01. The average molecular weight is 416 g/mol. The number of pyridine rings is 2. The number of nitrogens with one attached hydrogen (secondary N) is 2. The lowest BCUT2D eigenvalue weighted by molar-refractivity contribution is -0.141. The minimum Gasteiger partial charge on any atom is -0.384 e. The molecular weight excluding hydrogens is 401 g/mol. The summed E-state index contributed by atoms with van der Waals surface area (Å²) in [6, 6.07) is 11.8. The van der Waals surface area contributed by atoms with E-state index in [4.69, 9.17) is 5.73 Å². The van der Waals surface area contributed by atoms with E-state index < -0.39 is 11.9 Å². The van der Waals surface area contributed by atoms with Crippen LogP contribution in [0.1, 0.15) is 11.5 Å². The minimum absolute atomic E-state index is 0.168. The molecule has 0 unspecified atom stereocenters. The second kappa shape index (κ2) is 7.63. The highest BCUT2D eigenvalue weighted by molar-refractivity contribution is 7.98. The first-order valence-electron chi connectivity index (χ1n) is 8.50. The molecule has 0 radical (unpaired) electrons. The summed E-state index contributed by atoms with van der Waals surface area (Å²) in [7, 11) is 0. The van der Waals surface area contributed by atoms with Gasteiger partial charge in [-0.2, -0.15) is 13.2 Å². The van der Waals surface area contributed by atoms with Crippen molar-refractivity contribution in [2.75, 3.05) is 11.1 Å². The highest BCUT2D eigenvalue weighted by Gasteiger charge is 2.33. The summed E-state index contributed by atoms with van der Waals surface area (Å²) in [5, 5.41) is 3.24. The van der Waals surface area contributed by atoms with E-state index in [2.05, 4.69) is 25.3 Å². The fourth-order valence-electron chi connectivity index (χ4n) is 2.71. The molecule has 4 rings (SSSR count). The molecule has 0 bridgehead atoms. The van der Waals surface area contributed by atoms with Gasteiger partial charge in [0.25, 0.3) is 0 Å². The molecule has 29 heavy (non-hydrogen) atoms. The van der Waals surface area contributed by atoms with Crippen LogP contribution in [0.15, 0.2) is 59.8 Å². The molecule has 0 aliphatic carbocycles. The van der Waals surface area contributed by atoms with E-state index in [-0.39, 0.29) is 5.82 Å². The normalized spacial score (nSPS) is 11.7. The van der Waals surface area contributed by atoms with Crippen molar-refractivity contribution in [3.63, 3.8) is 0 Å². The van der Waals surface area contributed by atoms with Crippen LogP contribution in [0.2, 0.25) is 0 Å². The van der Waals surface area contributed by atoms with Crippen LogP contribution in [0.3, 0.4) is 0 Å². The first-order chi connectivity index (χ1) is 13.9. The van der Waals surface area contributed by atoms with E-state index >= 15 is 0 Å². The number of aromatic nitrogens is 4. The molecule has 0 amide bonds. The van der Waals surface area contributed by atoms with Gasteiger partial charge in [-0.1, -0.05) is 0 Å². The molecule has 4 aromatic rings. The van der Waals surface area contributed by atoms with Crippen molar-refractivity contribution in [3.05, 3.63) is 66.4 Å². The zero-order valence-corrected chi connectivity index (χ0v) is 15.7. The summed E-state index contributed by atoms with van der Waals surface area (Å²) in [6.45, 7) is 0. The summed E-state index contributed by atoms with van der Waals surface area (Å²) >= 11 is 1.20. The number of imidazole rings is 1. The highest BCUT2D eigenvalue weighted by atomic mass is 32.2. The summed E-state index contributed by atoms with van der Waals surface area (Å²) < 4.78 is 38.7. The number of nitrogen functional groups attached to an aromatic ring is 1.